The van der Waals surface area contributed by atoms with Gasteiger partial charge in [-0.05, 0) is 18.1 Å². The summed E-state index contributed by atoms with van der Waals surface area (Å²) in [5.41, 5.74) is 0.772. The van der Waals surface area contributed by atoms with Crippen molar-refractivity contribution in [2.24, 2.45) is 5.92 Å². The number of hydrogen-bond donors (Lipinski definition) is 2. The van der Waals surface area contributed by atoms with E-state index >= 15 is 0 Å². The molecule has 0 saturated heterocycles. The van der Waals surface area contributed by atoms with E-state index in [1.54, 1.807) is 25.3 Å². The Kier molecular flexibility index (Phi) is 5.44. The van der Waals surface area contributed by atoms with Crippen molar-refractivity contribution >= 4 is 17.6 Å². The van der Waals surface area contributed by atoms with Crippen molar-refractivity contribution in [2.45, 2.75) is 26.4 Å². The van der Waals surface area contributed by atoms with Crippen LogP contribution in [0, 0.1) is 5.92 Å². The Morgan fingerprint density at radius 2 is 2.17 bits per heavy atom. The maximum absolute atomic E-state index is 11.1. The molecule has 0 aliphatic heterocycles. The zero-order chi connectivity index (χ0) is 13.7. The van der Waals surface area contributed by atoms with Crippen LogP contribution in [0.15, 0.2) is 18.2 Å². The number of carbonyl (C=O) groups is 1. The smallest absolute Gasteiger partial charge is 0.320 e. The number of nitrogens with one attached hydrogen (secondary N) is 1. The van der Waals surface area contributed by atoms with E-state index in [0.29, 0.717) is 17.3 Å². The van der Waals surface area contributed by atoms with Gasteiger partial charge in [0.25, 0.3) is 0 Å². The lowest BCUT2D eigenvalue weighted by molar-refractivity contribution is -0.140. The van der Waals surface area contributed by atoms with Crippen molar-refractivity contribution in [3.8, 4) is 5.75 Å². The molecular weight excluding hydrogens is 254 g/mol. The highest BCUT2D eigenvalue weighted by atomic mass is 35.5. The van der Waals surface area contributed by atoms with Crippen LogP contribution in [0.25, 0.3) is 0 Å². The number of rotatable bonds is 6. The fourth-order valence-electron chi connectivity index (χ4n) is 1.72. The molecule has 0 fully saturated rings. The molecule has 1 atom stereocenters. The highest BCUT2D eigenvalue weighted by Crippen LogP contribution is 2.26. The molecule has 100 valence electrons. The lowest BCUT2D eigenvalue weighted by Crippen LogP contribution is -2.40. The van der Waals surface area contributed by atoms with Crippen LogP contribution in [0.2, 0.25) is 5.02 Å². The van der Waals surface area contributed by atoms with E-state index in [1.165, 1.54) is 0 Å². The molecule has 1 rings (SSSR count). The van der Waals surface area contributed by atoms with Gasteiger partial charge in [-0.25, -0.2) is 0 Å². The molecule has 0 radical (unpaired) electrons. The molecule has 0 spiro atoms. The standard InChI is InChI=1S/C13H18ClNO3/c1-8(2)12(13(16)17)15-7-9-10(14)5-4-6-11(9)18-3/h4-6,8,12,15H,7H2,1-3H3,(H,16,17). The first-order valence-corrected chi connectivity index (χ1v) is 6.12. The summed E-state index contributed by atoms with van der Waals surface area (Å²) in [6, 6.07) is 4.74. The van der Waals surface area contributed by atoms with Gasteiger partial charge in [-0.3, -0.25) is 10.1 Å². The van der Waals surface area contributed by atoms with Crippen molar-refractivity contribution in [3.05, 3.63) is 28.8 Å². The Hall–Kier alpha value is -1.26. The zero-order valence-electron chi connectivity index (χ0n) is 10.7. The van der Waals surface area contributed by atoms with Gasteiger partial charge < -0.3 is 9.84 Å². The molecule has 0 bridgehead atoms. The van der Waals surface area contributed by atoms with Gasteiger partial charge in [0, 0.05) is 17.1 Å². The van der Waals surface area contributed by atoms with Gasteiger partial charge in [-0.2, -0.15) is 0 Å². The second-order valence-corrected chi connectivity index (χ2v) is 4.77. The number of methoxy groups -OCH3 is 1. The summed E-state index contributed by atoms with van der Waals surface area (Å²) in [5, 5.41) is 12.6. The first kappa shape index (κ1) is 14.8. The summed E-state index contributed by atoms with van der Waals surface area (Å²) < 4.78 is 5.21. The van der Waals surface area contributed by atoms with Crippen LogP contribution in [0.1, 0.15) is 19.4 Å². The summed E-state index contributed by atoms with van der Waals surface area (Å²) in [7, 11) is 1.56. The van der Waals surface area contributed by atoms with Crippen LogP contribution in [-0.2, 0) is 11.3 Å². The molecule has 2 N–H and O–H groups in total. The number of hydrogen-bond acceptors (Lipinski definition) is 3. The van der Waals surface area contributed by atoms with Crippen molar-refractivity contribution < 1.29 is 14.6 Å². The van der Waals surface area contributed by atoms with E-state index in [1.807, 2.05) is 13.8 Å². The second kappa shape index (κ2) is 6.61. The Bertz CT molecular complexity index is 421. The van der Waals surface area contributed by atoms with E-state index < -0.39 is 12.0 Å². The maximum Gasteiger partial charge on any atom is 0.320 e. The molecule has 18 heavy (non-hydrogen) atoms. The molecule has 0 amide bonds. The molecule has 1 unspecified atom stereocenters. The van der Waals surface area contributed by atoms with Gasteiger partial charge in [-0.15, -0.1) is 0 Å². The average Bonchev–Trinajstić information content (AvgIpc) is 2.30. The SMILES string of the molecule is COc1cccc(Cl)c1CNC(C(=O)O)C(C)C. The summed E-state index contributed by atoms with van der Waals surface area (Å²) in [6.45, 7) is 4.07. The monoisotopic (exact) mass is 271 g/mol. The van der Waals surface area contributed by atoms with Crippen LogP contribution < -0.4 is 10.1 Å². The molecule has 0 aliphatic carbocycles. The largest absolute Gasteiger partial charge is 0.496 e. The third-order valence-electron chi connectivity index (χ3n) is 2.73. The fraction of sp³-hybridized carbons (Fsp3) is 0.462. The van der Waals surface area contributed by atoms with Crippen LogP contribution in [0.4, 0.5) is 0 Å². The number of carboxylic acid groups (broad SMARTS) is 1. The fourth-order valence-corrected chi connectivity index (χ4v) is 1.95. The third kappa shape index (κ3) is 3.62. The molecule has 0 saturated carbocycles. The topological polar surface area (TPSA) is 58.6 Å². The lowest BCUT2D eigenvalue weighted by atomic mass is 10.0. The van der Waals surface area contributed by atoms with Crippen molar-refractivity contribution in [2.75, 3.05) is 7.11 Å². The zero-order valence-corrected chi connectivity index (χ0v) is 11.5. The highest BCUT2D eigenvalue weighted by molar-refractivity contribution is 6.31. The van der Waals surface area contributed by atoms with Gasteiger partial charge in [0.2, 0.25) is 0 Å². The molecular formula is C13H18ClNO3. The van der Waals surface area contributed by atoms with E-state index in [2.05, 4.69) is 5.32 Å². The first-order valence-electron chi connectivity index (χ1n) is 5.75. The van der Waals surface area contributed by atoms with Gasteiger partial charge in [-0.1, -0.05) is 31.5 Å². The predicted molar refractivity (Wildman–Crippen MR) is 71.1 cm³/mol. The molecule has 1 aromatic rings. The Labute approximate surface area is 112 Å². The van der Waals surface area contributed by atoms with Crippen molar-refractivity contribution in [1.29, 1.82) is 0 Å². The second-order valence-electron chi connectivity index (χ2n) is 4.36. The van der Waals surface area contributed by atoms with Gasteiger partial charge >= 0.3 is 5.97 Å². The van der Waals surface area contributed by atoms with Crippen molar-refractivity contribution in [3.63, 3.8) is 0 Å². The lowest BCUT2D eigenvalue weighted by Gasteiger charge is -2.19. The van der Waals surface area contributed by atoms with Crippen LogP contribution in [0.3, 0.4) is 0 Å². The third-order valence-corrected chi connectivity index (χ3v) is 3.08. The minimum absolute atomic E-state index is 0.00372. The van der Waals surface area contributed by atoms with Gasteiger partial charge in [0.15, 0.2) is 0 Å². The Morgan fingerprint density at radius 3 is 2.67 bits per heavy atom. The summed E-state index contributed by atoms with van der Waals surface area (Å²) in [5.74, 6) is -0.213. The van der Waals surface area contributed by atoms with Crippen LogP contribution >= 0.6 is 11.6 Å². The number of ether oxygens (including phenoxy) is 1. The summed E-state index contributed by atoms with van der Waals surface area (Å²) >= 11 is 6.08. The number of aliphatic carboxylic acids is 1. The molecule has 4 nitrogen and oxygen atoms in total. The minimum Gasteiger partial charge on any atom is -0.496 e. The predicted octanol–water partition coefficient (Wildman–Crippen LogP) is 2.55. The minimum atomic E-state index is -0.865. The van der Waals surface area contributed by atoms with Crippen LogP contribution in [-0.4, -0.2) is 24.2 Å². The van der Waals surface area contributed by atoms with E-state index in [4.69, 9.17) is 21.4 Å². The Balaban J connectivity index is 2.82. The summed E-state index contributed by atoms with van der Waals surface area (Å²) in [4.78, 5) is 11.1. The van der Waals surface area contributed by atoms with E-state index in [0.717, 1.165) is 5.56 Å². The molecule has 0 aliphatic rings. The highest BCUT2D eigenvalue weighted by Gasteiger charge is 2.21. The molecule has 1 aromatic carbocycles. The number of halogens is 1. The summed E-state index contributed by atoms with van der Waals surface area (Å²) in [6.07, 6.45) is 0. The van der Waals surface area contributed by atoms with E-state index in [-0.39, 0.29) is 5.92 Å². The van der Waals surface area contributed by atoms with Gasteiger partial charge in [0.05, 0.1) is 7.11 Å². The maximum atomic E-state index is 11.1. The van der Waals surface area contributed by atoms with Gasteiger partial charge in [0.1, 0.15) is 11.8 Å². The molecule has 5 heteroatoms. The normalized spacial score (nSPS) is 12.5. The molecule has 0 aromatic heterocycles. The first-order chi connectivity index (χ1) is 8.47. The van der Waals surface area contributed by atoms with Crippen molar-refractivity contribution in [1.82, 2.24) is 5.32 Å². The average molecular weight is 272 g/mol. The van der Waals surface area contributed by atoms with Crippen LogP contribution in [0.5, 0.6) is 5.75 Å². The quantitative estimate of drug-likeness (QED) is 0.835. The van der Waals surface area contributed by atoms with E-state index in [9.17, 15) is 4.79 Å². The number of benzene rings is 1. The molecule has 0 heterocycles. The number of carboxylic acids is 1. The Morgan fingerprint density at radius 1 is 1.50 bits per heavy atom.